The number of benzene rings is 1. The van der Waals surface area contributed by atoms with Crippen LogP contribution in [0.15, 0.2) is 41.8 Å². The third-order valence-corrected chi connectivity index (χ3v) is 5.25. The number of halogens is 3. The second kappa shape index (κ2) is 6.86. The molecule has 4 rings (SSSR count). The van der Waals surface area contributed by atoms with Crippen LogP contribution in [0.3, 0.4) is 0 Å². The number of aryl methyl sites for hydroxylation is 1. The van der Waals surface area contributed by atoms with E-state index in [4.69, 9.17) is 0 Å². The summed E-state index contributed by atoms with van der Waals surface area (Å²) in [7, 11) is 0. The maximum Gasteiger partial charge on any atom is 0.471 e. The molecule has 0 saturated carbocycles. The Kier molecular flexibility index (Phi) is 4.50. The molecule has 3 heterocycles. The zero-order chi connectivity index (χ0) is 19.9. The van der Waals surface area contributed by atoms with Crippen molar-refractivity contribution >= 4 is 33.8 Å². The van der Waals surface area contributed by atoms with Crippen molar-refractivity contribution in [2.24, 2.45) is 0 Å². The highest BCUT2D eigenvalue weighted by molar-refractivity contribution is 7.09. The second-order valence-corrected chi connectivity index (χ2v) is 7.37. The number of nitrogens with zero attached hydrogens (tertiary/aromatic N) is 5. The van der Waals surface area contributed by atoms with Crippen LogP contribution < -0.4 is 0 Å². The number of amides is 1. The number of hydrogen-bond acceptors (Lipinski definition) is 5. The van der Waals surface area contributed by atoms with Gasteiger partial charge in [-0.05, 0) is 40.4 Å². The lowest BCUT2D eigenvalue weighted by molar-refractivity contribution is -0.186. The van der Waals surface area contributed by atoms with E-state index in [-0.39, 0.29) is 13.1 Å². The lowest BCUT2D eigenvalue weighted by atomic mass is 10.1. The summed E-state index contributed by atoms with van der Waals surface area (Å²) in [6, 6.07) is 10.7. The average Bonchev–Trinajstić information content (AvgIpc) is 3.31. The van der Waals surface area contributed by atoms with Gasteiger partial charge in [0.2, 0.25) is 0 Å². The second-order valence-electron chi connectivity index (χ2n) is 6.33. The molecule has 0 aliphatic carbocycles. The van der Waals surface area contributed by atoms with Gasteiger partial charge in [0, 0.05) is 15.8 Å². The van der Waals surface area contributed by atoms with Crippen LogP contribution in [0.5, 0.6) is 0 Å². The minimum atomic E-state index is -4.97. The SMILES string of the molecule is Cc1cccc2cc(CN(Cc3cccs3)C(=O)C(F)(F)F)c3nnnn3c12. The van der Waals surface area contributed by atoms with Crippen LogP contribution in [0.25, 0.3) is 16.6 Å². The summed E-state index contributed by atoms with van der Waals surface area (Å²) in [5.41, 5.74) is 2.48. The fraction of sp³-hybridized carbons (Fsp3) is 0.222. The topological polar surface area (TPSA) is 63.4 Å². The van der Waals surface area contributed by atoms with Crippen molar-refractivity contribution < 1.29 is 18.0 Å². The quantitative estimate of drug-likeness (QED) is 0.519. The highest BCUT2D eigenvalue weighted by atomic mass is 32.1. The molecule has 28 heavy (non-hydrogen) atoms. The van der Waals surface area contributed by atoms with Gasteiger partial charge in [-0.1, -0.05) is 24.3 Å². The molecule has 0 N–H and O–H groups in total. The molecule has 3 aromatic heterocycles. The molecule has 1 aromatic carbocycles. The molecule has 0 spiro atoms. The number of para-hydroxylation sites is 1. The summed E-state index contributed by atoms with van der Waals surface area (Å²) in [5.74, 6) is -1.89. The zero-order valence-electron chi connectivity index (χ0n) is 14.6. The first-order chi connectivity index (χ1) is 13.3. The van der Waals surface area contributed by atoms with E-state index in [2.05, 4.69) is 15.5 Å². The number of thiophene rings is 1. The first-order valence-electron chi connectivity index (χ1n) is 8.32. The highest BCUT2D eigenvalue weighted by Gasteiger charge is 2.42. The van der Waals surface area contributed by atoms with Gasteiger partial charge >= 0.3 is 12.1 Å². The fourth-order valence-electron chi connectivity index (χ4n) is 3.17. The van der Waals surface area contributed by atoms with Gasteiger partial charge in [-0.15, -0.1) is 16.4 Å². The third kappa shape index (κ3) is 3.31. The van der Waals surface area contributed by atoms with Crippen molar-refractivity contribution in [1.82, 2.24) is 24.9 Å². The summed E-state index contributed by atoms with van der Waals surface area (Å²) < 4.78 is 41.0. The van der Waals surface area contributed by atoms with Gasteiger partial charge in [-0.2, -0.15) is 17.7 Å². The Balaban J connectivity index is 1.80. The molecule has 1 amide bonds. The van der Waals surface area contributed by atoms with Gasteiger partial charge in [-0.25, -0.2) is 0 Å². The molecule has 0 aliphatic rings. The number of rotatable bonds is 4. The van der Waals surface area contributed by atoms with Crippen LogP contribution >= 0.6 is 11.3 Å². The number of alkyl halides is 3. The lowest BCUT2D eigenvalue weighted by Gasteiger charge is -2.23. The molecule has 0 aliphatic heterocycles. The van der Waals surface area contributed by atoms with Crippen LogP contribution in [-0.2, 0) is 17.9 Å². The number of carbonyl (C=O) groups excluding carboxylic acids is 1. The summed E-state index contributed by atoms with van der Waals surface area (Å²) in [6.45, 7) is 1.50. The van der Waals surface area contributed by atoms with E-state index >= 15 is 0 Å². The Bertz CT molecular complexity index is 1150. The van der Waals surface area contributed by atoms with Gasteiger partial charge in [-0.3, -0.25) is 4.79 Å². The first-order valence-corrected chi connectivity index (χ1v) is 9.20. The molecule has 144 valence electrons. The van der Waals surface area contributed by atoms with Crippen LogP contribution in [0.2, 0.25) is 0 Å². The number of tetrazole rings is 1. The standard InChI is InChI=1S/C18H14F3N5OS/c1-11-4-2-5-12-8-13(16-22-23-24-26(16)15(11)12)9-25(17(27)18(19,20)21)10-14-6-3-7-28-14/h2-8H,9-10H2,1H3. The number of aromatic nitrogens is 4. The number of pyridine rings is 1. The molecule has 0 saturated heterocycles. The fourth-order valence-corrected chi connectivity index (χ4v) is 3.89. The summed E-state index contributed by atoms with van der Waals surface area (Å²) >= 11 is 1.29. The third-order valence-electron chi connectivity index (χ3n) is 4.38. The van der Waals surface area contributed by atoms with Crippen molar-refractivity contribution in [2.75, 3.05) is 0 Å². The first kappa shape index (κ1) is 18.4. The molecular weight excluding hydrogens is 391 g/mol. The number of carbonyl (C=O) groups is 1. The maximum absolute atomic E-state index is 13.2. The van der Waals surface area contributed by atoms with Crippen molar-refractivity contribution in [3.8, 4) is 0 Å². The van der Waals surface area contributed by atoms with E-state index in [1.54, 1.807) is 23.6 Å². The van der Waals surface area contributed by atoms with Gasteiger partial charge in [0.1, 0.15) is 0 Å². The van der Waals surface area contributed by atoms with Crippen LogP contribution in [-0.4, -0.2) is 37.0 Å². The smallest absolute Gasteiger partial charge is 0.325 e. The van der Waals surface area contributed by atoms with Crippen LogP contribution in [0.1, 0.15) is 16.0 Å². The summed E-state index contributed by atoms with van der Waals surface area (Å²) in [5, 5.41) is 14.2. The molecule has 0 bridgehead atoms. The van der Waals surface area contributed by atoms with E-state index in [1.807, 2.05) is 25.1 Å². The number of fused-ring (bicyclic) bond motifs is 3. The Labute approximate surface area is 161 Å². The highest BCUT2D eigenvalue weighted by Crippen LogP contribution is 2.26. The van der Waals surface area contributed by atoms with Gasteiger partial charge < -0.3 is 4.90 Å². The Hall–Kier alpha value is -3.01. The molecular formula is C18H14F3N5OS. The number of hydrogen-bond donors (Lipinski definition) is 0. The lowest BCUT2D eigenvalue weighted by Crippen LogP contribution is -2.40. The van der Waals surface area contributed by atoms with Gasteiger partial charge in [0.15, 0.2) is 5.65 Å². The largest absolute Gasteiger partial charge is 0.471 e. The molecule has 10 heteroatoms. The molecule has 6 nitrogen and oxygen atoms in total. The van der Waals surface area contributed by atoms with Crippen LogP contribution in [0.4, 0.5) is 13.2 Å². The van der Waals surface area contributed by atoms with Gasteiger partial charge in [0.05, 0.1) is 18.6 Å². The minimum absolute atomic E-state index is 0.143. The Morgan fingerprint density at radius 1 is 1.21 bits per heavy atom. The van der Waals surface area contributed by atoms with Gasteiger partial charge in [0.25, 0.3) is 0 Å². The zero-order valence-corrected chi connectivity index (χ0v) is 15.5. The molecule has 0 fully saturated rings. The molecule has 0 atom stereocenters. The normalized spacial score (nSPS) is 12.0. The van der Waals surface area contributed by atoms with E-state index < -0.39 is 12.1 Å². The van der Waals surface area contributed by atoms with E-state index in [0.717, 1.165) is 21.4 Å². The Morgan fingerprint density at radius 3 is 2.75 bits per heavy atom. The van der Waals surface area contributed by atoms with Crippen molar-refractivity contribution in [3.05, 3.63) is 57.8 Å². The van der Waals surface area contributed by atoms with E-state index in [1.165, 1.54) is 15.9 Å². The predicted octanol–water partition coefficient (Wildman–Crippen LogP) is 3.74. The van der Waals surface area contributed by atoms with Crippen molar-refractivity contribution in [3.63, 3.8) is 0 Å². The maximum atomic E-state index is 13.2. The summed E-state index contributed by atoms with van der Waals surface area (Å²) in [6.07, 6.45) is -4.97. The predicted molar refractivity (Wildman–Crippen MR) is 97.7 cm³/mol. The minimum Gasteiger partial charge on any atom is -0.325 e. The molecule has 0 radical (unpaired) electrons. The van der Waals surface area contributed by atoms with Crippen molar-refractivity contribution in [1.29, 1.82) is 0 Å². The molecule has 4 aromatic rings. The summed E-state index contributed by atoms with van der Waals surface area (Å²) in [4.78, 5) is 13.5. The Morgan fingerprint density at radius 2 is 2.04 bits per heavy atom. The average molecular weight is 405 g/mol. The van der Waals surface area contributed by atoms with E-state index in [9.17, 15) is 18.0 Å². The van der Waals surface area contributed by atoms with E-state index in [0.29, 0.717) is 16.1 Å². The van der Waals surface area contributed by atoms with Crippen molar-refractivity contribution in [2.45, 2.75) is 26.2 Å². The van der Waals surface area contributed by atoms with Crippen LogP contribution in [0, 0.1) is 6.92 Å². The molecule has 0 unspecified atom stereocenters. The monoisotopic (exact) mass is 405 g/mol.